The summed E-state index contributed by atoms with van der Waals surface area (Å²) < 4.78 is 5.29. The van der Waals surface area contributed by atoms with Crippen LogP contribution in [0.1, 0.15) is 36.7 Å². The Labute approximate surface area is 200 Å². The van der Waals surface area contributed by atoms with Gasteiger partial charge in [-0.15, -0.1) is 0 Å². The predicted molar refractivity (Wildman–Crippen MR) is 130 cm³/mol. The van der Waals surface area contributed by atoms with Crippen molar-refractivity contribution < 1.29 is 14.2 Å². The first-order valence-corrected chi connectivity index (χ1v) is 10.8. The minimum absolute atomic E-state index is 0.0175. The van der Waals surface area contributed by atoms with Gasteiger partial charge in [0, 0.05) is 28.9 Å². The summed E-state index contributed by atoms with van der Waals surface area (Å²) in [5.74, 6) is 0.258. The number of halogens is 1. The fourth-order valence-corrected chi connectivity index (χ4v) is 3.52. The smallest absolute Gasteiger partial charge is 0.270 e. The molecule has 1 aromatic heterocycles. The molecule has 0 aliphatic heterocycles. The molecule has 0 saturated heterocycles. The molecule has 0 radical (unpaired) electrons. The van der Waals surface area contributed by atoms with E-state index in [1.807, 2.05) is 24.3 Å². The lowest BCUT2D eigenvalue weighted by atomic mass is 9.87. The van der Waals surface area contributed by atoms with Crippen molar-refractivity contribution in [3.8, 4) is 22.8 Å². The van der Waals surface area contributed by atoms with Crippen LogP contribution in [0.15, 0.2) is 71.3 Å². The number of aromatic nitrogens is 2. The lowest BCUT2D eigenvalue weighted by Gasteiger charge is -2.19. The maximum Gasteiger partial charge on any atom is 0.270 e. The van der Waals surface area contributed by atoms with Crippen LogP contribution in [0.2, 0.25) is 5.02 Å². The number of rotatable bonds is 5. The van der Waals surface area contributed by atoms with Crippen LogP contribution in [0.5, 0.6) is 0 Å². The highest BCUT2D eigenvalue weighted by Crippen LogP contribution is 2.31. The Morgan fingerprint density at radius 3 is 2.29 bits per heavy atom. The molecule has 0 bridgehead atoms. The van der Waals surface area contributed by atoms with E-state index >= 15 is 0 Å². The number of amides is 1. The van der Waals surface area contributed by atoms with Crippen molar-refractivity contribution in [2.24, 2.45) is 0 Å². The molecule has 8 nitrogen and oxygen atoms in total. The molecule has 9 heteroatoms. The van der Waals surface area contributed by atoms with E-state index in [9.17, 15) is 14.9 Å². The Bertz CT molecular complexity index is 1360. The van der Waals surface area contributed by atoms with Gasteiger partial charge in [-0.2, -0.15) is 4.98 Å². The number of nitrogens with zero attached hydrogens (tertiary/aromatic N) is 3. The van der Waals surface area contributed by atoms with Crippen LogP contribution in [-0.2, 0) is 5.41 Å². The normalized spacial score (nSPS) is 11.3. The molecule has 172 valence electrons. The highest BCUT2D eigenvalue weighted by atomic mass is 35.5. The molecule has 34 heavy (non-hydrogen) atoms. The van der Waals surface area contributed by atoms with Crippen LogP contribution in [0, 0.1) is 10.1 Å². The first-order chi connectivity index (χ1) is 16.1. The average Bonchev–Trinajstić information content (AvgIpc) is 3.29. The molecule has 0 unspecified atom stereocenters. The van der Waals surface area contributed by atoms with Crippen molar-refractivity contribution in [3.05, 3.63) is 93.0 Å². The second kappa shape index (κ2) is 9.07. The van der Waals surface area contributed by atoms with Gasteiger partial charge in [0.15, 0.2) is 0 Å². The summed E-state index contributed by atoms with van der Waals surface area (Å²) in [6.07, 6.45) is 0. The van der Waals surface area contributed by atoms with Gasteiger partial charge in [-0.1, -0.05) is 49.7 Å². The third-order valence-electron chi connectivity index (χ3n) is 5.23. The number of carbonyl (C=O) groups excluding carboxylic acids is 1. The van der Waals surface area contributed by atoms with E-state index in [4.69, 9.17) is 16.1 Å². The van der Waals surface area contributed by atoms with Crippen LogP contribution in [0.3, 0.4) is 0 Å². The van der Waals surface area contributed by atoms with Crippen molar-refractivity contribution in [1.82, 2.24) is 10.1 Å². The van der Waals surface area contributed by atoms with E-state index in [1.165, 1.54) is 18.2 Å². The third kappa shape index (κ3) is 4.97. The Balaban J connectivity index is 1.47. The van der Waals surface area contributed by atoms with E-state index in [0.717, 1.165) is 5.56 Å². The molecule has 0 aliphatic rings. The van der Waals surface area contributed by atoms with Crippen LogP contribution >= 0.6 is 11.6 Å². The fraction of sp³-hybridized carbons (Fsp3) is 0.160. The SMILES string of the molecule is CC(C)(C)c1ccc(C(=O)Nc2ccc(-c3noc(-c4ccc([N+](=O)[O-])cc4Cl)n3)cc2)cc1. The summed E-state index contributed by atoms with van der Waals surface area (Å²) in [5.41, 5.74) is 3.30. The number of anilines is 1. The molecular weight excluding hydrogens is 456 g/mol. The summed E-state index contributed by atoms with van der Waals surface area (Å²) in [4.78, 5) is 27.3. The van der Waals surface area contributed by atoms with Crippen LogP contribution in [0.25, 0.3) is 22.8 Å². The van der Waals surface area contributed by atoms with Crippen molar-refractivity contribution in [2.45, 2.75) is 26.2 Å². The van der Waals surface area contributed by atoms with Crippen molar-refractivity contribution >= 4 is 28.9 Å². The summed E-state index contributed by atoms with van der Waals surface area (Å²) in [5, 5.41) is 17.9. The lowest BCUT2D eigenvalue weighted by molar-refractivity contribution is -0.384. The first-order valence-electron chi connectivity index (χ1n) is 10.4. The third-order valence-corrected chi connectivity index (χ3v) is 5.55. The topological polar surface area (TPSA) is 111 Å². The fourth-order valence-electron chi connectivity index (χ4n) is 3.27. The first kappa shape index (κ1) is 23.1. The molecule has 3 aromatic carbocycles. The largest absolute Gasteiger partial charge is 0.334 e. The van der Waals surface area contributed by atoms with Gasteiger partial charge in [0.05, 0.1) is 15.5 Å². The zero-order valence-electron chi connectivity index (χ0n) is 18.7. The Morgan fingerprint density at radius 1 is 1.03 bits per heavy atom. The number of nitro groups is 1. The van der Waals surface area contributed by atoms with Gasteiger partial charge >= 0.3 is 0 Å². The van der Waals surface area contributed by atoms with Gasteiger partial charge in [0.1, 0.15) is 0 Å². The quantitative estimate of drug-likeness (QED) is 0.259. The standard InChI is InChI=1S/C25H21ClN4O4/c1-25(2,3)17-8-4-16(5-9-17)23(31)27-18-10-6-15(7-11-18)22-28-24(34-29-22)20-13-12-19(30(32)33)14-21(20)26/h4-14H,1-3H3,(H,27,31). The minimum atomic E-state index is -0.532. The summed E-state index contributed by atoms with van der Waals surface area (Å²) in [6.45, 7) is 6.37. The van der Waals surface area contributed by atoms with E-state index in [0.29, 0.717) is 28.2 Å². The molecule has 0 fully saturated rings. The molecular formula is C25H21ClN4O4. The van der Waals surface area contributed by atoms with E-state index in [-0.39, 0.29) is 27.9 Å². The number of hydrogen-bond acceptors (Lipinski definition) is 6. The molecule has 1 heterocycles. The number of non-ortho nitro benzene ring substituents is 1. The summed E-state index contributed by atoms with van der Waals surface area (Å²) >= 11 is 6.14. The molecule has 4 rings (SSSR count). The van der Waals surface area contributed by atoms with Gasteiger partial charge < -0.3 is 9.84 Å². The number of hydrogen-bond donors (Lipinski definition) is 1. The number of carbonyl (C=O) groups is 1. The molecule has 0 spiro atoms. The highest BCUT2D eigenvalue weighted by molar-refractivity contribution is 6.33. The molecule has 0 aliphatic carbocycles. The van der Waals surface area contributed by atoms with Crippen LogP contribution in [0.4, 0.5) is 11.4 Å². The summed E-state index contributed by atoms with van der Waals surface area (Å²) in [7, 11) is 0. The van der Waals surface area contributed by atoms with E-state index in [1.54, 1.807) is 24.3 Å². The maximum absolute atomic E-state index is 12.6. The molecule has 0 saturated carbocycles. The zero-order chi connectivity index (χ0) is 24.5. The van der Waals surface area contributed by atoms with Crippen molar-refractivity contribution in [1.29, 1.82) is 0 Å². The Morgan fingerprint density at radius 2 is 1.71 bits per heavy atom. The molecule has 0 atom stereocenters. The second-order valence-corrected chi connectivity index (χ2v) is 9.11. The van der Waals surface area contributed by atoms with Gasteiger partial charge in [-0.3, -0.25) is 14.9 Å². The van der Waals surface area contributed by atoms with Crippen LogP contribution in [-0.4, -0.2) is 21.0 Å². The maximum atomic E-state index is 12.6. The monoisotopic (exact) mass is 476 g/mol. The molecule has 4 aromatic rings. The Kier molecular flexibility index (Phi) is 6.17. The Hall–Kier alpha value is -4.04. The number of nitro benzene ring substituents is 1. The second-order valence-electron chi connectivity index (χ2n) is 8.70. The molecule has 1 N–H and O–H groups in total. The number of nitrogens with one attached hydrogen (secondary N) is 1. The van der Waals surface area contributed by atoms with Gasteiger partial charge in [0.2, 0.25) is 5.82 Å². The highest BCUT2D eigenvalue weighted by Gasteiger charge is 2.17. The lowest BCUT2D eigenvalue weighted by Crippen LogP contribution is -2.14. The van der Waals surface area contributed by atoms with Crippen molar-refractivity contribution in [2.75, 3.05) is 5.32 Å². The van der Waals surface area contributed by atoms with Gasteiger partial charge in [0.25, 0.3) is 17.5 Å². The van der Waals surface area contributed by atoms with Crippen molar-refractivity contribution in [3.63, 3.8) is 0 Å². The van der Waals surface area contributed by atoms with Gasteiger partial charge in [-0.25, -0.2) is 0 Å². The average molecular weight is 477 g/mol. The predicted octanol–water partition coefficient (Wildman–Crippen LogP) is 6.52. The van der Waals surface area contributed by atoms with E-state index < -0.39 is 4.92 Å². The van der Waals surface area contributed by atoms with Gasteiger partial charge in [-0.05, 0) is 53.4 Å². The zero-order valence-corrected chi connectivity index (χ0v) is 19.5. The van der Waals surface area contributed by atoms with Crippen LogP contribution < -0.4 is 5.32 Å². The number of benzene rings is 3. The molecule has 1 amide bonds. The minimum Gasteiger partial charge on any atom is -0.334 e. The van der Waals surface area contributed by atoms with E-state index in [2.05, 4.69) is 36.2 Å². The summed E-state index contributed by atoms with van der Waals surface area (Å²) in [6, 6.07) is 18.6.